The quantitative estimate of drug-likeness (QED) is 0.896. The van der Waals surface area contributed by atoms with Gasteiger partial charge in [0.1, 0.15) is 5.75 Å². The van der Waals surface area contributed by atoms with Crippen LogP contribution in [0.25, 0.3) is 0 Å². The van der Waals surface area contributed by atoms with Crippen molar-refractivity contribution < 1.29 is 24.1 Å². The monoisotopic (exact) mass is 327 g/mol. The van der Waals surface area contributed by atoms with E-state index in [0.29, 0.717) is 17.2 Å². The fourth-order valence-corrected chi connectivity index (χ4v) is 3.21. The summed E-state index contributed by atoms with van der Waals surface area (Å²) in [6.45, 7) is 0.599. The molecule has 2 aliphatic heterocycles. The van der Waals surface area contributed by atoms with Crippen molar-refractivity contribution >= 4 is 5.97 Å². The smallest absolute Gasteiger partial charge is 0.341 e. The number of carbonyl (C=O) groups is 1. The lowest BCUT2D eigenvalue weighted by atomic mass is 9.89. The summed E-state index contributed by atoms with van der Waals surface area (Å²) in [4.78, 5) is 10.9. The Kier molecular flexibility index (Phi) is 3.74. The minimum Gasteiger partial charge on any atom is -0.481 e. The first kappa shape index (κ1) is 14.8. The third-order valence-electron chi connectivity index (χ3n) is 4.28. The molecule has 6 heteroatoms. The van der Waals surface area contributed by atoms with Gasteiger partial charge in [0, 0.05) is 18.2 Å². The molecule has 2 N–H and O–H groups in total. The fourth-order valence-electron chi connectivity index (χ4n) is 3.21. The number of rotatable bonds is 4. The Balaban J connectivity index is 1.78. The van der Waals surface area contributed by atoms with E-state index in [1.54, 1.807) is 6.07 Å². The standard InChI is InChI=1S/C18H17NO5/c20-17(21)9-22-14-8-16-15(23-10-24-16)7-13(14)18-12-4-2-1-3-11(12)5-6-19-18/h1-4,7-8,18-19H,5-6,9-10H2,(H,20,21). The van der Waals surface area contributed by atoms with Crippen LogP contribution in [-0.2, 0) is 11.2 Å². The zero-order valence-corrected chi connectivity index (χ0v) is 13.0. The van der Waals surface area contributed by atoms with Crippen LogP contribution in [0.15, 0.2) is 36.4 Å². The molecular weight excluding hydrogens is 310 g/mol. The zero-order chi connectivity index (χ0) is 16.5. The predicted molar refractivity (Wildman–Crippen MR) is 85.7 cm³/mol. The Hall–Kier alpha value is -2.73. The van der Waals surface area contributed by atoms with Gasteiger partial charge in [-0.05, 0) is 23.6 Å². The summed E-state index contributed by atoms with van der Waals surface area (Å²) in [7, 11) is 0. The molecule has 0 fully saturated rings. The van der Waals surface area contributed by atoms with Crippen LogP contribution >= 0.6 is 0 Å². The van der Waals surface area contributed by atoms with Crippen LogP contribution < -0.4 is 19.5 Å². The lowest BCUT2D eigenvalue weighted by Crippen LogP contribution is -2.31. The Morgan fingerprint density at radius 3 is 2.83 bits per heavy atom. The van der Waals surface area contributed by atoms with Gasteiger partial charge in [0.05, 0.1) is 6.04 Å². The molecule has 0 spiro atoms. The van der Waals surface area contributed by atoms with E-state index in [4.69, 9.17) is 19.3 Å². The molecule has 0 amide bonds. The van der Waals surface area contributed by atoms with Gasteiger partial charge in [-0.15, -0.1) is 0 Å². The number of hydrogen-bond donors (Lipinski definition) is 2. The summed E-state index contributed by atoms with van der Waals surface area (Å²) in [6, 6.07) is 11.7. The number of carboxylic acids is 1. The number of aliphatic carboxylic acids is 1. The molecule has 2 aromatic carbocycles. The lowest BCUT2D eigenvalue weighted by Gasteiger charge is -2.28. The number of carboxylic acid groups (broad SMARTS) is 1. The molecule has 0 bridgehead atoms. The molecule has 24 heavy (non-hydrogen) atoms. The Morgan fingerprint density at radius 1 is 1.21 bits per heavy atom. The summed E-state index contributed by atoms with van der Waals surface area (Å²) in [5.74, 6) is 0.701. The first-order valence-corrected chi connectivity index (χ1v) is 7.81. The molecule has 124 valence electrons. The van der Waals surface area contributed by atoms with Crippen molar-refractivity contribution in [3.8, 4) is 17.2 Å². The highest BCUT2D eigenvalue weighted by atomic mass is 16.7. The lowest BCUT2D eigenvalue weighted by molar-refractivity contribution is -0.139. The van der Waals surface area contributed by atoms with Crippen molar-refractivity contribution in [3.63, 3.8) is 0 Å². The SMILES string of the molecule is O=C(O)COc1cc2c(cc1C1NCCc3ccccc31)OCO2. The molecule has 2 aliphatic rings. The molecule has 4 rings (SSSR count). The maximum atomic E-state index is 10.9. The topological polar surface area (TPSA) is 77.0 Å². The van der Waals surface area contributed by atoms with Crippen LogP contribution in [0, 0.1) is 0 Å². The van der Waals surface area contributed by atoms with E-state index < -0.39 is 12.6 Å². The van der Waals surface area contributed by atoms with Gasteiger partial charge in [-0.25, -0.2) is 4.79 Å². The number of nitrogens with one attached hydrogen (secondary N) is 1. The van der Waals surface area contributed by atoms with Crippen molar-refractivity contribution in [1.29, 1.82) is 0 Å². The maximum Gasteiger partial charge on any atom is 0.341 e. The van der Waals surface area contributed by atoms with Crippen molar-refractivity contribution in [3.05, 3.63) is 53.1 Å². The van der Waals surface area contributed by atoms with E-state index in [1.807, 2.05) is 18.2 Å². The Bertz CT molecular complexity index is 789. The maximum absolute atomic E-state index is 10.9. The molecule has 0 radical (unpaired) electrons. The van der Waals surface area contributed by atoms with E-state index >= 15 is 0 Å². The average molecular weight is 327 g/mol. The van der Waals surface area contributed by atoms with Gasteiger partial charge in [0.2, 0.25) is 6.79 Å². The molecule has 6 nitrogen and oxygen atoms in total. The Morgan fingerprint density at radius 2 is 2.00 bits per heavy atom. The fraction of sp³-hybridized carbons (Fsp3) is 0.278. The average Bonchev–Trinajstić information content (AvgIpc) is 3.06. The minimum absolute atomic E-state index is 0.0757. The molecule has 1 unspecified atom stereocenters. The van der Waals surface area contributed by atoms with Gasteiger partial charge in [-0.3, -0.25) is 0 Å². The second-order valence-corrected chi connectivity index (χ2v) is 5.76. The first-order valence-electron chi connectivity index (χ1n) is 7.81. The number of fused-ring (bicyclic) bond motifs is 2. The third-order valence-corrected chi connectivity index (χ3v) is 4.28. The summed E-state index contributed by atoms with van der Waals surface area (Å²) in [5, 5.41) is 12.4. The van der Waals surface area contributed by atoms with Gasteiger partial charge in [0.25, 0.3) is 0 Å². The van der Waals surface area contributed by atoms with Gasteiger partial charge in [-0.1, -0.05) is 24.3 Å². The van der Waals surface area contributed by atoms with Crippen LogP contribution in [-0.4, -0.2) is 31.0 Å². The molecule has 2 heterocycles. The molecule has 0 aromatic heterocycles. The normalized spacial score (nSPS) is 18.1. The van der Waals surface area contributed by atoms with Crippen molar-refractivity contribution in [2.45, 2.75) is 12.5 Å². The summed E-state index contributed by atoms with van der Waals surface area (Å²) in [5.41, 5.74) is 3.30. The van der Waals surface area contributed by atoms with Crippen LogP contribution in [0.2, 0.25) is 0 Å². The zero-order valence-electron chi connectivity index (χ0n) is 13.0. The predicted octanol–water partition coefficient (Wildman–Crippen LogP) is 2.11. The highest BCUT2D eigenvalue weighted by Gasteiger charge is 2.27. The van der Waals surface area contributed by atoms with Gasteiger partial charge in [-0.2, -0.15) is 0 Å². The van der Waals surface area contributed by atoms with Crippen molar-refractivity contribution in [1.82, 2.24) is 5.32 Å². The van der Waals surface area contributed by atoms with Crippen molar-refractivity contribution in [2.75, 3.05) is 19.9 Å². The van der Waals surface area contributed by atoms with E-state index in [-0.39, 0.29) is 12.8 Å². The third kappa shape index (κ3) is 2.65. The minimum atomic E-state index is -1.02. The Labute approximate surface area is 139 Å². The second-order valence-electron chi connectivity index (χ2n) is 5.76. The largest absolute Gasteiger partial charge is 0.481 e. The molecule has 0 saturated heterocycles. The van der Waals surface area contributed by atoms with Crippen LogP contribution in [0.5, 0.6) is 17.2 Å². The van der Waals surface area contributed by atoms with Gasteiger partial charge < -0.3 is 24.6 Å². The number of benzene rings is 2. The van der Waals surface area contributed by atoms with Gasteiger partial charge >= 0.3 is 5.97 Å². The molecule has 0 aliphatic carbocycles. The van der Waals surface area contributed by atoms with Crippen LogP contribution in [0.3, 0.4) is 0 Å². The van der Waals surface area contributed by atoms with E-state index in [0.717, 1.165) is 18.5 Å². The van der Waals surface area contributed by atoms with Crippen LogP contribution in [0.4, 0.5) is 0 Å². The summed E-state index contributed by atoms with van der Waals surface area (Å²) < 4.78 is 16.4. The van der Waals surface area contributed by atoms with Gasteiger partial charge in [0.15, 0.2) is 18.1 Å². The van der Waals surface area contributed by atoms with E-state index in [1.165, 1.54) is 11.1 Å². The van der Waals surface area contributed by atoms with E-state index in [9.17, 15) is 4.79 Å². The highest BCUT2D eigenvalue weighted by Crippen LogP contribution is 2.43. The van der Waals surface area contributed by atoms with Crippen molar-refractivity contribution in [2.24, 2.45) is 0 Å². The number of ether oxygens (including phenoxy) is 3. The second kappa shape index (κ2) is 6.05. The molecule has 2 aromatic rings. The molecule has 0 saturated carbocycles. The highest BCUT2D eigenvalue weighted by molar-refractivity contribution is 5.69. The summed E-state index contributed by atoms with van der Waals surface area (Å²) >= 11 is 0. The number of hydrogen-bond acceptors (Lipinski definition) is 5. The molecular formula is C18H17NO5. The summed E-state index contributed by atoms with van der Waals surface area (Å²) in [6.07, 6.45) is 0.961. The first-order chi connectivity index (χ1) is 11.7. The molecule has 1 atom stereocenters. The van der Waals surface area contributed by atoms with E-state index in [2.05, 4.69) is 17.4 Å². The van der Waals surface area contributed by atoms with Crippen LogP contribution in [0.1, 0.15) is 22.7 Å².